The molecule has 3 aromatic heterocycles. The normalized spacial score (nSPS) is 15.3. The number of hydrogen-bond donors (Lipinski definition) is 2. The highest BCUT2D eigenvalue weighted by Crippen LogP contribution is 2.20. The minimum Gasteiger partial charge on any atom is -0.396 e. The quantitative estimate of drug-likeness (QED) is 0.690. The number of fused-ring (bicyclic) bond motifs is 2. The van der Waals surface area contributed by atoms with Gasteiger partial charge in [-0.05, 0) is 25.0 Å². The van der Waals surface area contributed by atoms with E-state index >= 15 is 0 Å². The second kappa shape index (κ2) is 6.50. The first-order valence-corrected chi connectivity index (χ1v) is 8.54. The van der Waals surface area contributed by atoms with E-state index in [1.54, 1.807) is 28.7 Å². The lowest BCUT2D eigenvalue weighted by Crippen LogP contribution is -2.38. The van der Waals surface area contributed by atoms with E-state index in [4.69, 9.17) is 5.11 Å². The van der Waals surface area contributed by atoms with Crippen molar-refractivity contribution in [1.29, 1.82) is 0 Å². The van der Waals surface area contributed by atoms with Crippen LogP contribution in [-0.4, -0.2) is 58.6 Å². The molecule has 0 fully saturated rings. The first kappa shape index (κ1) is 16.7. The van der Waals surface area contributed by atoms with Crippen LogP contribution in [0.1, 0.15) is 40.3 Å². The van der Waals surface area contributed by atoms with Gasteiger partial charge >= 0.3 is 0 Å². The van der Waals surface area contributed by atoms with Gasteiger partial charge in [0.25, 0.3) is 5.91 Å². The fourth-order valence-corrected chi connectivity index (χ4v) is 3.16. The number of nitrogens with zero attached hydrogens (tertiary/aromatic N) is 6. The van der Waals surface area contributed by atoms with Crippen LogP contribution in [0.15, 0.2) is 24.7 Å². The maximum Gasteiger partial charge on any atom is 0.259 e. The van der Waals surface area contributed by atoms with Crippen LogP contribution >= 0.6 is 0 Å². The maximum absolute atomic E-state index is 12.9. The zero-order valence-corrected chi connectivity index (χ0v) is 14.4. The number of aromatic nitrogens is 5. The molecule has 0 radical (unpaired) electrons. The molecular formula is C17H20N6O3. The topological polar surface area (TPSA) is 109 Å². The van der Waals surface area contributed by atoms with E-state index in [1.165, 1.54) is 6.20 Å². The highest BCUT2D eigenvalue weighted by atomic mass is 16.3. The van der Waals surface area contributed by atoms with E-state index in [0.717, 1.165) is 11.3 Å². The minimum atomic E-state index is -0.630. The lowest BCUT2D eigenvalue weighted by atomic mass is 10.2. The van der Waals surface area contributed by atoms with E-state index < -0.39 is 6.10 Å². The Balaban J connectivity index is 1.59. The van der Waals surface area contributed by atoms with Gasteiger partial charge in [0.2, 0.25) is 0 Å². The Hall–Kier alpha value is -2.78. The predicted molar refractivity (Wildman–Crippen MR) is 91.4 cm³/mol. The minimum absolute atomic E-state index is 0.0378. The van der Waals surface area contributed by atoms with Crippen LogP contribution in [0, 0.1) is 0 Å². The SMILES string of the molecule is CC(O)c1cc2n(n1)CCN(C(=O)c1cnn3cc(CCO)cnc13)C2. The van der Waals surface area contributed by atoms with Gasteiger partial charge in [0.15, 0.2) is 5.65 Å². The lowest BCUT2D eigenvalue weighted by Gasteiger charge is -2.27. The summed E-state index contributed by atoms with van der Waals surface area (Å²) in [4.78, 5) is 19.0. The van der Waals surface area contributed by atoms with Crippen molar-refractivity contribution in [2.75, 3.05) is 13.2 Å². The third kappa shape index (κ3) is 2.85. The first-order chi connectivity index (χ1) is 12.6. The molecule has 0 bridgehead atoms. The van der Waals surface area contributed by atoms with E-state index in [1.807, 2.05) is 10.7 Å². The number of amides is 1. The molecule has 4 rings (SSSR count). The van der Waals surface area contributed by atoms with Crippen molar-refractivity contribution in [3.05, 3.63) is 47.2 Å². The average molecular weight is 356 g/mol. The molecule has 0 saturated heterocycles. The van der Waals surface area contributed by atoms with Gasteiger partial charge in [-0.15, -0.1) is 0 Å². The van der Waals surface area contributed by atoms with E-state index in [0.29, 0.717) is 43.0 Å². The number of carbonyl (C=O) groups is 1. The van der Waals surface area contributed by atoms with Crippen molar-refractivity contribution in [3.63, 3.8) is 0 Å². The summed E-state index contributed by atoms with van der Waals surface area (Å²) in [7, 11) is 0. The molecule has 9 nitrogen and oxygen atoms in total. The highest BCUT2D eigenvalue weighted by Gasteiger charge is 2.26. The summed E-state index contributed by atoms with van der Waals surface area (Å²) in [5.74, 6) is -0.131. The summed E-state index contributed by atoms with van der Waals surface area (Å²) >= 11 is 0. The third-order valence-corrected chi connectivity index (χ3v) is 4.57. The van der Waals surface area contributed by atoms with Crippen LogP contribution in [0.5, 0.6) is 0 Å². The fourth-order valence-electron chi connectivity index (χ4n) is 3.16. The molecule has 1 atom stereocenters. The largest absolute Gasteiger partial charge is 0.396 e. The average Bonchev–Trinajstić information content (AvgIpc) is 3.24. The third-order valence-electron chi connectivity index (χ3n) is 4.57. The molecule has 9 heteroatoms. The van der Waals surface area contributed by atoms with Crippen molar-refractivity contribution in [3.8, 4) is 0 Å². The Morgan fingerprint density at radius 3 is 2.96 bits per heavy atom. The zero-order valence-electron chi connectivity index (χ0n) is 14.4. The van der Waals surface area contributed by atoms with Crippen molar-refractivity contribution in [2.45, 2.75) is 32.5 Å². The molecule has 136 valence electrons. The van der Waals surface area contributed by atoms with Crippen LogP contribution < -0.4 is 0 Å². The Kier molecular flexibility index (Phi) is 4.17. The van der Waals surface area contributed by atoms with Crippen LogP contribution in [0.2, 0.25) is 0 Å². The molecule has 1 amide bonds. The van der Waals surface area contributed by atoms with Crippen molar-refractivity contribution in [2.24, 2.45) is 0 Å². The molecular weight excluding hydrogens is 336 g/mol. The van der Waals surface area contributed by atoms with Gasteiger partial charge in [0.05, 0.1) is 36.8 Å². The predicted octanol–water partition coefficient (Wildman–Crippen LogP) is 0.170. The van der Waals surface area contributed by atoms with Crippen molar-refractivity contribution >= 4 is 11.6 Å². The molecule has 0 aromatic carbocycles. The van der Waals surface area contributed by atoms with Gasteiger partial charge < -0.3 is 15.1 Å². The number of aliphatic hydroxyl groups is 2. The van der Waals surface area contributed by atoms with E-state index in [-0.39, 0.29) is 12.5 Å². The monoisotopic (exact) mass is 356 g/mol. The Bertz CT molecular complexity index is 961. The van der Waals surface area contributed by atoms with Gasteiger partial charge in [0.1, 0.15) is 5.56 Å². The second-order valence-corrected chi connectivity index (χ2v) is 6.45. The highest BCUT2D eigenvalue weighted by molar-refractivity contribution is 5.99. The molecule has 0 aliphatic carbocycles. The van der Waals surface area contributed by atoms with Crippen LogP contribution in [0.25, 0.3) is 5.65 Å². The van der Waals surface area contributed by atoms with Gasteiger partial charge in [-0.2, -0.15) is 10.2 Å². The van der Waals surface area contributed by atoms with Gasteiger partial charge in [0, 0.05) is 25.5 Å². The number of rotatable bonds is 4. The Morgan fingerprint density at radius 2 is 2.19 bits per heavy atom. The molecule has 3 aromatic rings. The summed E-state index contributed by atoms with van der Waals surface area (Å²) < 4.78 is 3.40. The number of aliphatic hydroxyl groups excluding tert-OH is 2. The molecule has 0 saturated carbocycles. The van der Waals surface area contributed by atoms with Gasteiger partial charge in [-0.1, -0.05) is 0 Å². The fraction of sp³-hybridized carbons (Fsp3) is 0.412. The van der Waals surface area contributed by atoms with Crippen molar-refractivity contribution in [1.82, 2.24) is 29.3 Å². The zero-order chi connectivity index (χ0) is 18.3. The second-order valence-electron chi connectivity index (χ2n) is 6.45. The number of carbonyl (C=O) groups excluding carboxylic acids is 1. The summed E-state index contributed by atoms with van der Waals surface area (Å²) in [6.07, 6.45) is 4.82. The van der Waals surface area contributed by atoms with Gasteiger partial charge in [-0.25, -0.2) is 9.50 Å². The summed E-state index contributed by atoms with van der Waals surface area (Å²) in [5.41, 5.74) is 3.32. The van der Waals surface area contributed by atoms with Crippen LogP contribution in [0.3, 0.4) is 0 Å². The molecule has 1 aliphatic heterocycles. The smallest absolute Gasteiger partial charge is 0.259 e. The summed E-state index contributed by atoms with van der Waals surface area (Å²) in [6.45, 7) is 3.26. The summed E-state index contributed by atoms with van der Waals surface area (Å²) in [6, 6.07) is 1.83. The lowest BCUT2D eigenvalue weighted by molar-refractivity contribution is 0.0707. The molecule has 2 N–H and O–H groups in total. The van der Waals surface area contributed by atoms with Crippen LogP contribution in [0.4, 0.5) is 0 Å². The standard InChI is InChI=1S/C17H20N6O3/c1-11(25)15-6-13-10-21(3-4-22(13)20-15)17(26)14-8-19-23-9-12(2-5-24)7-18-16(14)23/h6-9,11,24-25H,2-5,10H2,1H3. The first-order valence-electron chi connectivity index (χ1n) is 8.54. The Morgan fingerprint density at radius 1 is 1.35 bits per heavy atom. The van der Waals surface area contributed by atoms with Crippen molar-refractivity contribution < 1.29 is 15.0 Å². The van der Waals surface area contributed by atoms with E-state index in [9.17, 15) is 9.90 Å². The molecule has 26 heavy (non-hydrogen) atoms. The van der Waals surface area contributed by atoms with E-state index in [2.05, 4.69) is 15.2 Å². The molecule has 4 heterocycles. The molecule has 1 aliphatic rings. The maximum atomic E-state index is 12.9. The summed E-state index contributed by atoms with van der Waals surface area (Å²) in [5, 5.41) is 27.3. The Labute approximate surface area is 149 Å². The molecule has 0 spiro atoms. The number of hydrogen-bond acceptors (Lipinski definition) is 6. The van der Waals surface area contributed by atoms with Crippen LogP contribution in [-0.2, 0) is 19.5 Å². The molecule has 1 unspecified atom stereocenters. The van der Waals surface area contributed by atoms with Gasteiger partial charge in [-0.3, -0.25) is 9.48 Å².